The zero-order valence-electron chi connectivity index (χ0n) is 58.2. The summed E-state index contributed by atoms with van der Waals surface area (Å²) in [5.41, 5.74) is 7.74. The van der Waals surface area contributed by atoms with E-state index in [1.807, 2.05) is 56.7 Å². The highest BCUT2D eigenvalue weighted by molar-refractivity contribution is 7.31. The Labute approximate surface area is 589 Å². The molecule has 0 aliphatic rings. The molecule has 0 N–H and O–H groups in total. The van der Waals surface area contributed by atoms with Crippen LogP contribution in [0.4, 0.5) is 0 Å². The maximum atomic E-state index is 2.66. The fourth-order valence-electron chi connectivity index (χ4n) is 13.6. The molecule has 0 nitrogen and oxygen atoms in total. The van der Waals surface area contributed by atoms with Gasteiger partial charge in [0.1, 0.15) is 0 Å². The normalized spacial score (nSPS) is 11.9. The predicted octanol–water partition coefficient (Wildman–Crippen LogP) is 32.6. The molecule has 0 saturated carbocycles. The largest absolute Gasteiger partial charge is 0.139 e. The zero-order chi connectivity index (χ0) is 63.7. The lowest BCUT2D eigenvalue weighted by molar-refractivity contribution is 0.556. The van der Waals surface area contributed by atoms with Gasteiger partial charge in [-0.3, -0.25) is 0 Å². The molecular formula is C83H120S8. The molecule has 8 rings (SSSR count). The quantitative estimate of drug-likeness (QED) is 0.0333. The molecule has 0 spiro atoms. The van der Waals surface area contributed by atoms with Gasteiger partial charge in [0.2, 0.25) is 0 Å². The number of thiophene rings is 8. The summed E-state index contributed by atoms with van der Waals surface area (Å²) in [4.78, 5) is 23.5. The van der Waals surface area contributed by atoms with Crippen molar-refractivity contribution < 1.29 is 0 Å². The minimum absolute atomic E-state index is 1.17. The maximum absolute atomic E-state index is 2.66. The lowest BCUT2D eigenvalue weighted by Gasteiger charge is -2.04. The van der Waals surface area contributed by atoms with Crippen molar-refractivity contribution in [3.8, 4) is 68.3 Å². The van der Waals surface area contributed by atoms with Crippen LogP contribution in [0.5, 0.6) is 0 Å². The van der Waals surface area contributed by atoms with E-state index in [2.05, 4.69) is 149 Å². The second-order valence-corrected chi connectivity index (χ2v) is 36.1. The first-order valence-electron chi connectivity index (χ1n) is 37.6. The highest BCUT2D eigenvalue weighted by Crippen LogP contribution is 2.52. The lowest BCUT2D eigenvalue weighted by Crippen LogP contribution is -1.87. The second kappa shape index (κ2) is 43.0. The van der Waals surface area contributed by atoms with Gasteiger partial charge < -0.3 is 0 Å². The molecule has 8 heteroatoms. The number of rotatable bonds is 51. The highest BCUT2D eigenvalue weighted by atomic mass is 32.1. The SMILES string of the molecule is CCCCCCCCCCCCc1cc(C)sc1-c1ccc(-c2ccc(-c3sc(-c4cc(CCCCCCCCCCCC)c(-c5cc(C)c(-c6ccc(-c7sc(C)cc7CCCCCCCCCCCC)s6)s5)s4)cc3CCCCCCCCCCCC)s2)s1. The number of unbranched alkanes of at least 4 members (excludes halogenated alkanes) is 36. The van der Waals surface area contributed by atoms with Crippen LogP contribution in [-0.2, 0) is 25.7 Å². The number of aryl methyl sites for hydroxylation is 7. The van der Waals surface area contributed by atoms with Gasteiger partial charge in [-0.1, -0.05) is 259 Å². The Balaban J connectivity index is 0.996. The molecule has 0 aliphatic carbocycles. The maximum Gasteiger partial charge on any atom is 0.0481 e. The van der Waals surface area contributed by atoms with Crippen LogP contribution in [0, 0.1) is 20.8 Å². The standard InChI is InChI=1S/C83H120S8/c1-8-12-16-20-24-28-32-36-40-44-48-66-59-64(6)84-80(66)73-54-52-70(86-73)71-53-55-75(87-71)82-68(50-46-42-38-34-30-26-22-18-14-10-3)61-76(89-82)77-62-69(51-47-43-39-35-31-27-23-19-15-11-4)83(90-77)78-58-63(5)79(91-78)72-56-57-74(88-72)81-67(60-65(7)85-81)49-45-41-37-33-29-25-21-17-13-9-2/h52-62H,8-51H2,1-7H3. The van der Waals surface area contributed by atoms with Crippen molar-refractivity contribution in [1.29, 1.82) is 0 Å². The first kappa shape index (κ1) is 74.4. The summed E-state index contributed by atoms with van der Waals surface area (Å²) in [5.74, 6) is 0. The van der Waals surface area contributed by atoms with Gasteiger partial charge in [-0.25, -0.2) is 0 Å². The molecule has 8 aromatic rings. The van der Waals surface area contributed by atoms with Gasteiger partial charge in [-0.15, -0.1) is 90.7 Å². The van der Waals surface area contributed by atoms with Gasteiger partial charge in [0.05, 0.1) is 0 Å². The van der Waals surface area contributed by atoms with E-state index >= 15 is 0 Å². The van der Waals surface area contributed by atoms with Crippen molar-refractivity contribution in [1.82, 2.24) is 0 Å². The Morgan fingerprint density at radius 2 is 0.429 bits per heavy atom. The summed E-state index contributed by atoms with van der Waals surface area (Å²) >= 11 is 16.4. The first-order valence-corrected chi connectivity index (χ1v) is 44.2. The minimum Gasteiger partial charge on any atom is -0.139 e. The lowest BCUT2D eigenvalue weighted by atomic mass is 10.0. The van der Waals surface area contributed by atoms with Crippen LogP contribution >= 0.6 is 90.7 Å². The van der Waals surface area contributed by atoms with Crippen molar-refractivity contribution in [3.63, 3.8) is 0 Å². The second-order valence-electron chi connectivity index (χ2n) is 27.2. The Morgan fingerprint density at radius 3 is 0.747 bits per heavy atom. The van der Waals surface area contributed by atoms with E-state index in [9.17, 15) is 0 Å². The van der Waals surface area contributed by atoms with Crippen molar-refractivity contribution in [3.05, 3.63) is 104 Å². The molecule has 0 unspecified atom stereocenters. The third kappa shape index (κ3) is 24.9. The van der Waals surface area contributed by atoms with E-state index in [1.165, 1.54) is 366 Å². The summed E-state index contributed by atoms with van der Waals surface area (Å²) in [7, 11) is 0. The van der Waals surface area contributed by atoms with Crippen LogP contribution in [0.2, 0.25) is 0 Å². The molecule has 0 saturated heterocycles. The molecular weight excluding hydrogens is 1250 g/mol. The molecule has 0 bridgehead atoms. The molecule has 0 aromatic carbocycles. The molecule has 500 valence electrons. The predicted molar refractivity (Wildman–Crippen MR) is 424 cm³/mol. The van der Waals surface area contributed by atoms with Crippen LogP contribution in [-0.4, -0.2) is 0 Å². The monoisotopic (exact) mass is 1370 g/mol. The molecule has 0 fully saturated rings. The van der Waals surface area contributed by atoms with Crippen molar-refractivity contribution in [2.24, 2.45) is 0 Å². The highest BCUT2D eigenvalue weighted by Gasteiger charge is 2.23. The summed E-state index contributed by atoms with van der Waals surface area (Å²) in [5, 5.41) is 0. The van der Waals surface area contributed by atoms with E-state index in [1.54, 1.807) is 22.3 Å². The van der Waals surface area contributed by atoms with Crippen LogP contribution in [0.25, 0.3) is 68.3 Å². The summed E-state index contributed by atoms with van der Waals surface area (Å²) in [6.45, 7) is 16.3. The molecule has 0 aliphatic heterocycles. The molecule has 8 aromatic heterocycles. The van der Waals surface area contributed by atoms with Gasteiger partial charge in [0.15, 0.2) is 0 Å². The summed E-state index contributed by atoms with van der Waals surface area (Å²) in [6.07, 6.45) is 60.1. The van der Waals surface area contributed by atoms with Gasteiger partial charge in [0.25, 0.3) is 0 Å². The van der Waals surface area contributed by atoms with Crippen molar-refractivity contribution >= 4 is 90.7 Å². The van der Waals surface area contributed by atoms with E-state index in [0.29, 0.717) is 0 Å². The minimum atomic E-state index is 1.17. The van der Waals surface area contributed by atoms with Crippen molar-refractivity contribution in [2.75, 3.05) is 0 Å². The topological polar surface area (TPSA) is 0 Å². The summed E-state index contributed by atoms with van der Waals surface area (Å²) < 4.78 is 0. The van der Waals surface area contributed by atoms with Gasteiger partial charge in [-0.2, -0.15) is 0 Å². The van der Waals surface area contributed by atoms with E-state index < -0.39 is 0 Å². The number of hydrogen-bond donors (Lipinski definition) is 0. The van der Waals surface area contributed by atoms with Gasteiger partial charge in [0, 0.05) is 78.0 Å². The average molecular weight is 1370 g/mol. The fraction of sp³-hybridized carbons (Fsp3) is 0.614. The Kier molecular flexibility index (Phi) is 35.2. The fourth-order valence-corrected chi connectivity index (χ4v) is 23.3. The molecule has 91 heavy (non-hydrogen) atoms. The number of hydrogen-bond acceptors (Lipinski definition) is 8. The average Bonchev–Trinajstić information content (AvgIpc) is 1.65. The van der Waals surface area contributed by atoms with Crippen LogP contribution < -0.4 is 0 Å². The van der Waals surface area contributed by atoms with Crippen LogP contribution in [0.1, 0.15) is 322 Å². The zero-order valence-corrected chi connectivity index (χ0v) is 64.8. The molecule has 8 heterocycles. The van der Waals surface area contributed by atoms with Gasteiger partial charge in [-0.05, 0) is 167 Å². The third-order valence-electron chi connectivity index (χ3n) is 19.0. The molecule has 0 amide bonds. The molecule has 0 radical (unpaired) electrons. The van der Waals surface area contributed by atoms with E-state index in [4.69, 9.17) is 0 Å². The van der Waals surface area contributed by atoms with Crippen molar-refractivity contribution in [2.45, 2.75) is 331 Å². The third-order valence-corrected chi connectivity index (χ3v) is 29.3. The van der Waals surface area contributed by atoms with Crippen LogP contribution in [0.3, 0.4) is 0 Å². The van der Waals surface area contributed by atoms with E-state index in [-0.39, 0.29) is 0 Å². The summed E-state index contributed by atoms with van der Waals surface area (Å²) in [6, 6.07) is 27.6. The van der Waals surface area contributed by atoms with E-state index in [0.717, 1.165) is 0 Å². The van der Waals surface area contributed by atoms with Crippen LogP contribution in [0.15, 0.2) is 66.7 Å². The Morgan fingerprint density at radius 1 is 0.198 bits per heavy atom. The Bertz CT molecular complexity index is 3190. The smallest absolute Gasteiger partial charge is 0.0481 e. The molecule has 0 atom stereocenters. The van der Waals surface area contributed by atoms with Gasteiger partial charge >= 0.3 is 0 Å². The first-order chi connectivity index (χ1) is 44.8. The Hall–Kier alpha value is -2.40.